The van der Waals surface area contributed by atoms with E-state index in [0.29, 0.717) is 0 Å². The third kappa shape index (κ3) is 4.74. The second-order valence-electron chi connectivity index (χ2n) is 9.76. The quantitative estimate of drug-likeness (QED) is 0.208. The summed E-state index contributed by atoms with van der Waals surface area (Å²) in [5, 5.41) is 2.38. The van der Waals surface area contributed by atoms with Crippen LogP contribution in [0.2, 0.25) is 0 Å². The first-order valence-electron chi connectivity index (χ1n) is 13.3. The molecule has 4 nitrogen and oxygen atoms in total. The molecule has 0 amide bonds. The van der Waals surface area contributed by atoms with Crippen LogP contribution in [0, 0.1) is 0 Å². The average Bonchev–Trinajstić information content (AvgIpc) is 3.64. The molecule has 0 radical (unpaired) electrons. The number of nitrogens with one attached hydrogen (secondary N) is 2. The van der Waals surface area contributed by atoms with Crippen molar-refractivity contribution in [2.75, 3.05) is 0 Å². The lowest BCUT2D eigenvalue weighted by Gasteiger charge is -2.04. The van der Waals surface area contributed by atoms with Gasteiger partial charge in [0.2, 0.25) is 0 Å². The second kappa shape index (κ2) is 10.4. The lowest BCUT2D eigenvalue weighted by molar-refractivity contribution is 1.43. The minimum atomic E-state index is 0.917. The van der Waals surface area contributed by atoms with Crippen LogP contribution in [0.25, 0.3) is 44.3 Å². The van der Waals surface area contributed by atoms with E-state index in [4.69, 9.17) is 9.98 Å². The number of hydrogen-bond donors (Lipinski definition) is 2. The van der Waals surface area contributed by atoms with E-state index in [9.17, 15) is 0 Å². The highest BCUT2D eigenvalue weighted by Crippen LogP contribution is 2.33. The number of para-hydroxylation sites is 4. The fourth-order valence-corrected chi connectivity index (χ4v) is 5.07. The first kappa shape index (κ1) is 23.6. The Morgan fingerprint density at radius 1 is 0.425 bits per heavy atom. The Labute approximate surface area is 232 Å². The predicted octanol–water partition coefficient (Wildman–Crippen LogP) is 9.48. The third-order valence-corrected chi connectivity index (χ3v) is 7.06. The maximum absolute atomic E-state index is 4.86. The van der Waals surface area contributed by atoms with E-state index in [1.807, 2.05) is 67.0 Å². The van der Waals surface area contributed by atoms with E-state index in [-0.39, 0.29) is 0 Å². The molecule has 0 spiro atoms. The normalized spacial score (nSPS) is 11.8. The summed E-state index contributed by atoms with van der Waals surface area (Å²) in [5.74, 6) is 0. The van der Waals surface area contributed by atoms with E-state index in [1.54, 1.807) is 0 Å². The third-order valence-electron chi connectivity index (χ3n) is 7.06. The molecular formula is C36H26N4. The number of fused-ring (bicyclic) bond motifs is 2. The molecule has 0 saturated carbocycles. The molecule has 0 fully saturated rings. The van der Waals surface area contributed by atoms with Crippen LogP contribution in [0.3, 0.4) is 0 Å². The highest BCUT2D eigenvalue weighted by atomic mass is 14.8. The second-order valence-corrected chi connectivity index (χ2v) is 9.76. The van der Waals surface area contributed by atoms with Gasteiger partial charge in [-0.05, 0) is 53.6 Å². The fraction of sp³-hybridized carbons (Fsp3) is 0. The van der Waals surface area contributed by atoms with Gasteiger partial charge >= 0.3 is 0 Å². The largest absolute Gasteiger partial charge is 0.354 e. The fourth-order valence-electron chi connectivity index (χ4n) is 5.07. The summed E-state index contributed by atoms with van der Waals surface area (Å²) in [7, 11) is 0. The van der Waals surface area contributed by atoms with Crippen LogP contribution in [0.4, 0.5) is 11.4 Å². The van der Waals surface area contributed by atoms with Gasteiger partial charge in [0.25, 0.3) is 0 Å². The first-order valence-corrected chi connectivity index (χ1v) is 13.3. The Kier molecular flexibility index (Phi) is 6.11. The minimum absolute atomic E-state index is 0.917. The maximum atomic E-state index is 4.86. The van der Waals surface area contributed by atoms with Crippen molar-refractivity contribution in [1.82, 2.24) is 9.97 Å². The molecule has 2 heterocycles. The number of aromatic nitrogens is 2. The van der Waals surface area contributed by atoms with Crippen molar-refractivity contribution in [3.05, 3.63) is 145 Å². The van der Waals surface area contributed by atoms with Crippen LogP contribution < -0.4 is 0 Å². The first-order chi connectivity index (χ1) is 19.8. The van der Waals surface area contributed by atoms with Gasteiger partial charge in [-0.25, -0.2) is 0 Å². The summed E-state index contributed by atoms with van der Waals surface area (Å²) >= 11 is 0. The number of aliphatic imine (C=N–C) groups is 2. The van der Waals surface area contributed by atoms with Gasteiger partial charge in [0, 0.05) is 56.7 Å². The zero-order valence-electron chi connectivity index (χ0n) is 21.8. The summed E-state index contributed by atoms with van der Waals surface area (Å²) < 4.78 is 0. The van der Waals surface area contributed by atoms with Crippen LogP contribution >= 0.6 is 0 Å². The van der Waals surface area contributed by atoms with Crippen molar-refractivity contribution in [2.24, 2.45) is 9.98 Å². The van der Waals surface area contributed by atoms with Gasteiger partial charge in [0.05, 0.1) is 11.4 Å². The molecule has 40 heavy (non-hydrogen) atoms. The van der Waals surface area contributed by atoms with Crippen LogP contribution in [-0.4, -0.2) is 22.4 Å². The van der Waals surface area contributed by atoms with Gasteiger partial charge in [0.1, 0.15) is 0 Å². The molecule has 0 bridgehead atoms. The molecule has 0 unspecified atom stereocenters. The SMILES string of the molecule is C(=Nc1ccccc1-c1cc2ccccc2[nH]1)c1cccc(C=Nc2ccccc2-c2cc3ccccc3[nH]2)c1. The Bertz CT molecular complexity index is 1810. The minimum Gasteiger partial charge on any atom is -0.354 e. The summed E-state index contributed by atoms with van der Waals surface area (Å²) in [6, 6.07) is 45.7. The lowest BCUT2D eigenvalue weighted by atomic mass is 10.1. The lowest BCUT2D eigenvalue weighted by Crippen LogP contribution is -1.87. The van der Waals surface area contributed by atoms with Crippen molar-refractivity contribution in [3.63, 3.8) is 0 Å². The number of rotatable bonds is 6. The number of aromatic amines is 2. The molecule has 7 aromatic rings. The molecule has 0 atom stereocenters. The maximum Gasteiger partial charge on any atom is 0.0723 e. The van der Waals surface area contributed by atoms with Crippen LogP contribution in [-0.2, 0) is 0 Å². The van der Waals surface area contributed by atoms with Crippen molar-refractivity contribution in [3.8, 4) is 22.5 Å². The smallest absolute Gasteiger partial charge is 0.0723 e. The number of hydrogen-bond acceptors (Lipinski definition) is 2. The van der Waals surface area contributed by atoms with Crippen molar-refractivity contribution in [1.29, 1.82) is 0 Å². The topological polar surface area (TPSA) is 56.3 Å². The van der Waals surface area contributed by atoms with Crippen molar-refractivity contribution < 1.29 is 0 Å². The van der Waals surface area contributed by atoms with Gasteiger partial charge < -0.3 is 9.97 Å². The molecule has 0 aliphatic carbocycles. The Hall–Kier alpha value is -5.48. The number of benzene rings is 5. The summed E-state index contributed by atoms with van der Waals surface area (Å²) in [5.41, 5.74) is 10.4. The molecule has 0 saturated heterocycles. The number of nitrogens with zero attached hydrogens (tertiary/aromatic N) is 2. The molecular weight excluding hydrogens is 488 g/mol. The number of H-pyrrole nitrogens is 2. The summed E-state index contributed by atoms with van der Waals surface area (Å²) in [4.78, 5) is 16.8. The van der Waals surface area contributed by atoms with Gasteiger partial charge in [-0.1, -0.05) is 91.0 Å². The molecule has 190 valence electrons. The average molecular weight is 515 g/mol. The van der Waals surface area contributed by atoms with E-state index < -0.39 is 0 Å². The summed E-state index contributed by atoms with van der Waals surface area (Å²) in [6.45, 7) is 0. The Balaban J connectivity index is 1.15. The van der Waals surface area contributed by atoms with Gasteiger partial charge in [0.15, 0.2) is 0 Å². The van der Waals surface area contributed by atoms with Crippen molar-refractivity contribution >= 4 is 45.6 Å². The highest BCUT2D eigenvalue weighted by Gasteiger charge is 2.08. The van der Waals surface area contributed by atoms with Gasteiger partial charge in [-0.2, -0.15) is 0 Å². The molecule has 2 N–H and O–H groups in total. The van der Waals surface area contributed by atoms with Crippen LogP contribution in [0.5, 0.6) is 0 Å². The molecule has 4 heteroatoms. The highest BCUT2D eigenvalue weighted by molar-refractivity contribution is 5.93. The Morgan fingerprint density at radius 2 is 0.875 bits per heavy atom. The Morgan fingerprint density at radius 3 is 1.38 bits per heavy atom. The van der Waals surface area contributed by atoms with Crippen LogP contribution in [0.1, 0.15) is 11.1 Å². The van der Waals surface area contributed by atoms with E-state index in [1.165, 1.54) is 10.8 Å². The molecule has 5 aromatic carbocycles. The van der Waals surface area contributed by atoms with Gasteiger partial charge in [-0.15, -0.1) is 0 Å². The van der Waals surface area contributed by atoms with E-state index >= 15 is 0 Å². The monoisotopic (exact) mass is 514 g/mol. The summed E-state index contributed by atoms with van der Waals surface area (Å²) in [6.07, 6.45) is 3.83. The van der Waals surface area contributed by atoms with Crippen LogP contribution in [0.15, 0.2) is 143 Å². The van der Waals surface area contributed by atoms with E-state index in [2.05, 4.69) is 88.8 Å². The predicted molar refractivity (Wildman–Crippen MR) is 168 cm³/mol. The van der Waals surface area contributed by atoms with Crippen molar-refractivity contribution in [2.45, 2.75) is 0 Å². The van der Waals surface area contributed by atoms with Gasteiger partial charge in [-0.3, -0.25) is 9.98 Å². The molecule has 0 aliphatic rings. The molecule has 0 aliphatic heterocycles. The molecule has 7 rings (SSSR count). The zero-order chi connectivity index (χ0) is 26.7. The zero-order valence-corrected chi connectivity index (χ0v) is 21.8. The standard InChI is InChI=1S/C36H26N4/c1-5-16-31-27(12-1)21-35(39-31)29-14-3-7-18-33(29)37-23-25-10-9-11-26(20-25)24-38-34-19-8-4-15-30(34)36-22-28-13-2-6-17-32(28)40-36/h1-24,39-40H. The van der Waals surface area contributed by atoms with E-state index in [0.717, 1.165) is 56.0 Å². The molecule has 2 aromatic heterocycles.